The smallest absolute Gasteiger partial charge is 0.420 e. The number of rotatable bonds is 3. The number of halogens is 3. The van der Waals surface area contributed by atoms with Crippen molar-refractivity contribution in [2.24, 2.45) is 0 Å². The van der Waals surface area contributed by atoms with Crippen LogP contribution in [0.5, 0.6) is 5.75 Å². The Morgan fingerprint density at radius 1 is 1.00 bits per heavy atom. The van der Waals surface area contributed by atoms with Gasteiger partial charge in [-0.15, -0.1) is 10.2 Å². The normalized spacial score (nSPS) is 11.3. The summed E-state index contributed by atoms with van der Waals surface area (Å²) < 4.78 is 46.1. The predicted octanol–water partition coefficient (Wildman–Crippen LogP) is 3.27. The quantitative estimate of drug-likeness (QED) is 0.540. The summed E-state index contributed by atoms with van der Waals surface area (Å²) in [5.41, 5.74) is 1.09. The molecule has 0 unspecified atom stereocenters. The van der Waals surface area contributed by atoms with Crippen LogP contribution < -0.4 is 4.74 Å². The molecule has 0 aliphatic carbocycles. The number of pyridine rings is 1. The molecule has 0 radical (unpaired) electrons. The van der Waals surface area contributed by atoms with Crippen molar-refractivity contribution in [2.45, 2.75) is 6.18 Å². The van der Waals surface area contributed by atoms with Crippen molar-refractivity contribution in [3.8, 4) is 28.7 Å². The van der Waals surface area contributed by atoms with Crippen molar-refractivity contribution in [3.63, 3.8) is 0 Å². The minimum atomic E-state index is -5.05. The number of aromatic nitrogens is 3. The Labute approximate surface area is 132 Å². The molecule has 0 saturated carbocycles. The molecule has 0 aliphatic rings. The van der Waals surface area contributed by atoms with E-state index in [0.29, 0.717) is 11.1 Å². The van der Waals surface area contributed by atoms with E-state index in [0.717, 1.165) is 0 Å². The monoisotopic (exact) mass is 335 g/mol. The molecule has 0 amide bonds. The van der Waals surface area contributed by atoms with Gasteiger partial charge in [0.1, 0.15) is 5.75 Å². The summed E-state index contributed by atoms with van der Waals surface area (Å²) in [6.07, 6.45) is -1.90. The van der Waals surface area contributed by atoms with Gasteiger partial charge in [0, 0.05) is 18.0 Å². The van der Waals surface area contributed by atoms with Gasteiger partial charge in [-0.05, 0) is 36.4 Å². The fourth-order valence-corrected chi connectivity index (χ4v) is 1.78. The van der Waals surface area contributed by atoms with Crippen molar-refractivity contribution in [2.75, 3.05) is 0 Å². The zero-order valence-corrected chi connectivity index (χ0v) is 11.8. The van der Waals surface area contributed by atoms with Gasteiger partial charge < -0.3 is 9.15 Å². The number of nitrogens with zero attached hydrogens (tertiary/aromatic N) is 3. The van der Waals surface area contributed by atoms with Crippen LogP contribution in [0.25, 0.3) is 22.9 Å². The lowest BCUT2D eigenvalue weighted by Crippen LogP contribution is -2.27. The van der Waals surface area contributed by atoms with Gasteiger partial charge in [-0.3, -0.25) is 4.98 Å². The Balaban J connectivity index is 1.77. The van der Waals surface area contributed by atoms with Crippen molar-refractivity contribution >= 4 is 5.97 Å². The highest BCUT2D eigenvalue weighted by Crippen LogP contribution is 2.26. The van der Waals surface area contributed by atoms with Crippen LogP contribution in [0.3, 0.4) is 0 Å². The number of carbonyl (C=O) groups is 1. The van der Waals surface area contributed by atoms with Gasteiger partial charge in [0.2, 0.25) is 11.8 Å². The van der Waals surface area contributed by atoms with Gasteiger partial charge in [0.15, 0.2) is 0 Å². The second kappa shape index (κ2) is 6.11. The number of ether oxygens (including phenoxy) is 1. The zero-order chi connectivity index (χ0) is 17.2. The molecule has 0 atom stereocenters. The molecule has 0 bridgehead atoms. The summed E-state index contributed by atoms with van der Waals surface area (Å²) in [6, 6.07) is 8.66. The number of hydrogen-bond donors (Lipinski definition) is 0. The third-order valence-corrected chi connectivity index (χ3v) is 2.88. The van der Waals surface area contributed by atoms with E-state index in [9.17, 15) is 18.0 Å². The fourth-order valence-electron chi connectivity index (χ4n) is 1.78. The summed E-state index contributed by atoms with van der Waals surface area (Å²) in [4.78, 5) is 14.7. The van der Waals surface area contributed by atoms with Crippen molar-refractivity contribution in [1.29, 1.82) is 0 Å². The molecule has 3 rings (SSSR count). The summed E-state index contributed by atoms with van der Waals surface area (Å²) >= 11 is 0. The van der Waals surface area contributed by atoms with Gasteiger partial charge in [0.25, 0.3) is 0 Å². The highest BCUT2D eigenvalue weighted by Gasteiger charge is 2.41. The van der Waals surface area contributed by atoms with E-state index in [4.69, 9.17) is 4.42 Å². The maximum Gasteiger partial charge on any atom is 0.491 e. The Bertz CT molecular complexity index is 846. The van der Waals surface area contributed by atoms with E-state index in [1.165, 1.54) is 24.3 Å². The molecule has 122 valence electrons. The van der Waals surface area contributed by atoms with Crippen LogP contribution in [-0.4, -0.2) is 27.3 Å². The molecule has 1 aromatic carbocycles. The number of carbonyl (C=O) groups excluding carboxylic acids is 1. The van der Waals surface area contributed by atoms with Crippen LogP contribution in [0.4, 0.5) is 13.2 Å². The first-order valence-electron chi connectivity index (χ1n) is 6.57. The van der Waals surface area contributed by atoms with Gasteiger partial charge in [-0.1, -0.05) is 0 Å². The zero-order valence-electron chi connectivity index (χ0n) is 11.8. The molecule has 9 heteroatoms. The molecule has 24 heavy (non-hydrogen) atoms. The third kappa shape index (κ3) is 3.40. The average molecular weight is 335 g/mol. The van der Waals surface area contributed by atoms with E-state index in [-0.39, 0.29) is 17.5 Å². The SMILES string of the molecule is O=C(Oc1ccc(-c2nnc(-c3cccnc3)o2)cc1)C(F)(F)F. The Kier molecular flexibility index (Phi) is 3.98. The number of esters is 1. The predicted molar refractivity (Wildman–Crippen MR) is 74.7 cm³/mol. The minimum Gasteiger partial charge on any atom is -0.420 e. The Hall–Kier alpha value is -3.23. The highest BCUT2D eigenvalue weighted by atomic mass is 19.4. The van der Waals surface area contributed by atoms with Crippen LogP contribution in [-0.2, 0) is 4.79 Å². The fraction of sp³-hybridized carbons (Fsp3) is 0.0667. The number of hydrogen-bond acceptors (Lipinski definition) is 6. The van der Waals surface area contributed by atoms with Crippen LogP contribution >= 0.6 is 0 Å². The molecule has 0 saturated heterocycles. The first-order chi connectivity index (χ1) is 11.4. The maximum absolute atomic E-state index is 12.1. The van der Waals surface area contributed by atoms with E-state index in [2.05, 4.69) is 19.9 Å². The van der Waals surface area contributed by atoms with Crippen molar-refractivity contribution in [1.82, 2.24) is 15.2 Å². The van der Waals surface area contributed by atoms with Gasteiger partial charge in [0.05, 0.1) is 5.56 Å². The summed E-state index contributed by atoms with van der Waals surface area (Å²) in [6.45, 7) is 0. The van der Waals surface area contributed by atoms with E-state index in [1.807, 2.05) is 0 Å². The van der Waals surface area contributed by atoms with Crippen LogP contribution in [0.1, 0.15) is 0 Å². The van der Waals surface area contributed by atoms with Gasteiger partial charge >= 0.3 is 12.1 Å². The van der Waals surface area contributed by atoms with Crippen LogP contribution in [0.2, 0.25) is 0 Å². The topological polar surface area (TPSA) is 78.1 Å². The summed E-state index contributed by atoms with van der Waals surface area (Å²) in [5, 5.41) is 7.74. The van der Waals surface area contributed by atoms with Crippen molar-refractivity contribution in [3.05, 3.63) is 48.8 Å². The van der Waals surface area contributed by atoms with E-state index < -0.39 is 12.1 Å². The maximum atomic E-state index is 12.1. The molecule has 0 N–H and O–H groups in total. The Morgan fingerprint density at radius 3 is 2.25 bits per heavy atom. The largest absolute Gasteiger partial charge is 0.491 e. The minimum absolute atomic E-state index is 0.169. The van der Waals surface area contributed by atoms with E-state index >= 15 is 0 Å². The van der Waals surface area contributed by atoms with E-state index in [1.54, 1.807) is 24.5 Å². The standard InChI is InChI=1S/C15H8F3N3O3/c16-15(17,18)14(22)23-11-5-3-9(4-6-11)12-20-21-13(24-12)10-2-1-7-19-8-10/h1-8H. The first kappa shape index (κ1) is 15.7. The molecular weight excluding hydrogens is 327 g/mol. The number of alkyl halides is 3. The van der Waals surface area contributed by atoms with Gasteiger partial charge in [-0.25, -0.2) is 4.79 Å². The van der Waals surface area contributed by atoms with Gasteiger partial charge in [-0.2, -0.15) is 13.2 Å². The lowest BCUT2D eigenvalue weighted by Gasteiger charge is -2.06. The molecule has 0 fully saturated rings. The average Bonchev–Trinajstić information content (AvgIpc) is 3.05. The highest BCUT2D eigenvalue weighted by molar-refractivity contribution is 5.78. The third-order valence-electron chi connectivity index (χ3n) is 2.88. The second-order valence-corrected chi connectivity index (χ2v) is 4.57. The molecule has 0 spiro atoms. The lowest BCUT2D eigenvalue weighted by molar-refractivity contribution is -0.189. The molecule has 6 nitrogen and oxygen atoms in total. The molecule has 3 aromatic rings. The molecule has 2 heterocycles. The Morgan fingerprint density at radius 2 is 1.67 bits per heavy atom. The van der Waals surface area contributed by atoms with Crippen LogP contribution in [0, 0.1) is 0 Å². The molecule has 2 aromatic heterocycles. The molecular formula is C15H8F3N3O3. The number of benzene rings is 1. The first-order valence-corrected chi connectivity index (χ1v) is 6.57. The summed E-state index contributed by atoms with van der Waals surface area (Å²) in [7, 11) is 0. The summed E-state index contributed by atoms with van der Waals surface area (Å²) in [5.74, 6) is -2.10. The van der Waals surface area contributed by atoms with Crippen molar-refractivity contribution < 1.29 is 27.1 Å². The lowest BCUT2D eigenvalue weighted by atomic mass is 10.2. The second-order valence-electron chi connectivity index (χ2n) is 4.57. The van der Waals surface area contributed by atoms with Crippen LogP contribution in [0.15, 0.2) is 53.2 Å². The molecule has 0 aliphatic heterocycles.